The third-order valence-corrected chi connectivity index (χ3v) is 5.51. The summed E-state index contributed by atoms with van der Waals surface area (Å²) in [7, 11) is 0. The van der Waals surface area contributed by atoms with Gasteiger partial charge in [0, 0.05) is 23.6 Å². The predicted molar refractivity (Wildman–Crippen MR) is 73.8 cm³/mol. The summed E-state index contributed by atoms with van der Waals surface area (Å²) in [4.78, 5) is 21.4. The quantitative estimate of drug-likeness (QED) is 0.877. The first-order valence-electron chi connectivity index (χ1n) is 6.96. The van der Waals surface area contributed by atoms with E-state index >= 15 is 0 Å². The Bertz CT molecular complexity index is 741. The first-order chi connectivity index (χ1) is 9.53. The number of halogens is 2. The second kappa shape index (κ2) is 4.10. The van der Waals surface area contributed by atoms with Crippen molar-refractivity contribution in [1.82, 2.24) is 9.97 Å². The lowest BCUT2D eigenvalue weighted by Crippen LogP contribution is -2.35. The minimum absolute atomic E-state index is 0.153. The van der Waals surface area contributed by atoms with E-state index in [0.717, 1.165) is 36.1 Å². The topological polar surface area (TPSA) is 45.8 Å². The van der Waals surface area contributed by atoms with Crippen molar-refractivity contribution < 1.29 is 8.78 Å². The molecule has 0 amide bonds. The lowest BCUT2D eigenvalue weighted by Gasteiger charge is -2.33. The summed E-state index contributed by atoms with van der Waals surface area (Å²) in [6.45, 7) is 0. The normalized spacial score (nSPS) is 21.7. The summed E-state index contributed by atoms with van der Waals surface area (Å²) >= 11 is 1.56. The molecule has 106 valence electrons. The molecule has 0 unspecified atom stereocenters. The molecular formula is C14H14F2N2OS. The van der Waals surface area contributed by atoms with E-state index in [9.17, 15) is 13.6 Å². The van der Waals surface area contributed by atoms with Gasteiger partial charge in [0.2, 0.25) is 5.92 Å². The standard InChI is InChI=1S/C14H14F2N2OS/c15-14(16)5-7(6-14)11-17-12(19)10-8-3-1-2-4-9(8)20-13(10)18-11/h7H,1-6H2,(H,17,18,19). The molecular weight excluding hydrogens is 282 g/mol. The molecule has 2 aliphatic rings. The van der Waals surface area contributed by atoms with Crippen LogP contribution in [-0.4, -0.2) is 15.9 Å². The molecule has 2 aromatic rings. The maximum atomic E-state index is 13.0. The van der Waals surface area contributed by atoms with Crippen molar-refractivity contribution >= 4 is 21.6 Å². The van der Waals surface area contributed by atoms with Crippen molar-refractivity contribution in [3.05, 3.63) is 26.6 Å². The molecule has 2 heterocycles. The Morgan fingerprint density at radius 2 is 2.00 bits per heavy atom. The van der Waals surface area contributed by atoms with E-state index in [4.69, 9.17) is 0 Å². The van der Waals surface area contributed by atoms with Gasteiger partial charge in [0.1, 0.15) is 10.7 Å². The summed E-state index contributed by atoms with van der Waals surface area (Å²) in [5.74, 6) is -2.46. The molecule has 1 N–H and O–H groups in total. The smallest absolute Gasteiger partial charge is 0.259 e. The Morgan fingerprint density at radius 1 is 1.25 bits per heavy atom. The number of rotatable bonds is 1. The number of nitrogens with one attached hydrogen (secondary N) is 1. The second-order valence-electron chi connectivity index (χ2n) is 5.80. The molecule has 0 atom stereocenters. The number of alkyl halides is 2. The van der Waals surface area contributed by atoms with Gasteiger partial charge in [-0.05, 0) is 31.2 Å². The van der Waals surface area contributed by atoms with E-state index in [1.54, 1.807) is 11.3 Å². The Hall–Kier alpha value is -1.30. The molecule has 2 aromatic heterocycles. The molecule has 0 aromatic carbocycles. The average Bonchev–Trinajstić information content (AvgIpc) is 2.74. The van der Waals surface area contributed by atoms with Gasteiger partial charge in [-0.15, -0.1) is 11.3 Å². The molecule has 4 rings (SSSR count). The second-order valence-corrected chi connectivity index (χ2v) is 6.89. The van der Waals surface area contributed by atoms with Crippen molar-refractivity contribution in [3.63, 3.8) is 0 Å². The largest absolute Gasteiger partial charge is 0.310 e. The highest BCUT2D eigenvalue weighted by Gasteiger charge is 2.47. The Morgan fingerprint density at radius 3 is 2.75 bits per heavy atom. The van der Waals surface area contributed by atoms with Gasteiger partial charge in [-0.2, -0.15) is 0 Å². The molecule has 0 saturated heterocycles. The van der Waals surface area contributed by atoms with Gasteiger partial charge in [-0.3, -0.25) is 4.79 Å². The zero-order valence-electron chi connectivity index (χ0n) is 10.8. The minimum atomic E-state index is -2.59. The molecule has 3 nitrogen and oxygen atoms in total. The summed E-state index contributed by atoms with van der Waals surface area (Å²) in [6, 6.07) is 0. The predicted octanol–water partition coefficient (Wildman–Crippen LogP) is 3.38. The van der Waals surface area contributed by atoms with Crippen LogP contribution in [0.25, 0.3) is 10.2 Å². The minimum Gasteiger partial charge on any atom is -0.310 e. The number of thiophene rings is 1. The average molecular weight is 296 g/mol. The zero-order valence-corrected chi connectivity index (χ0v) is 11.7. The number of fused-ring (bicyclic) bond motifs is 3. The third-order valence-electron chi connectivity index (χ3n) is 4.32. The number of nitrogens with zero attached hydrogens (tertiary/aromatic N) is 1. The zero-order chi connectivity index (χ0) is 13.9. The van der Waals surface area contributed by atoms with Crippen molar-refractivity contribution in [2.24, 2.45) is 0 Å². The van der Waals surface area contributed by atoms with Crippen LogP contribution in [0.1, 0.15) is 47.9 Å². The summed E-state index contributed by atoms with van der Waals surface area (Å²) in [6.07, 6.45) is 3.79. The molecule has 6 heteroatoms. The van der Waals surface area contributed by atoms with Crippen LogP contribution in [-0.2, 0) is 12.8 Å². The maximum Gasteiger partial charge on any atom is 0.259 e. The lowest BCUT2D eigenvalue weighted by molar-refractivity contribution is -0.0885. The van der Waals surface area contributed by atoms with Crippen molar-refractivity contribution in [2.75, 3.05) is 0 Å². The van der Waals surface area contributed by atoms with Crippen molar-refractivity contribution in [2.45, 2.75) is 50.4 Å². The monoisotopic (exact) mass is 296 g/mol. The molecule has 2 aliphatic carbocycles. The molecule has 0 radical (unpaired) electrons. The van der Waals surface area contributed by atoms with Crippen LogP contribution in [0, 0.1) is 0 Å². The van der Waals surface area contributed by atoms with Gasteiger partial charge in [0.05, 0.1) is 5.39 Å². The van der Waals surface area contributed by atoms with Crippen LogP contribution in [0.5, 0.6) is 0 Å². The number of H-pyrrole nitrogens is 1. The van der Waals surface area contributed by atoms with E-state index in [1.807, 2.05) is 0 Å². The SMILES string of the molecule is O=c1[nH]c(C2CC(F)(F)C2)nc2sc3c(c12)CCCC3. The highest BCUT2D eigenvalue weighted by molar-refractivity contribution is 7.18. The molecule has 0 bridgehead atoms. The van der Waals surface area contributed by atoms with E-state index in [0.29, 0.717) is 11.2 Å². The van der Waals surface area contributed by atoms with Gasteiger partial charge in [0.15, 0.2) is 0 Å². The fourth-order valence-electron chi connectivity index (χ4n) is 3.23. The third kappa shape index (κ3) is 1.81. The lowest BCUT2D eigenvalue weighted by atomic mass is 9.81. The van der Waals surface area contributed by atoms with Crippen molar-refractivity contribution in [3.8, 4) is 0 Å². The molecule has 20 heavy (non-hydrogen) atoms. The molecule has 0 aliphatic heterocycles. The number of hydrogen-bond acceptors (Lipinski definition) is 3. The first-order valence-corrected chi connectivity index (χ1v) is 7.77. The van der Waals surface area contributed by atoms with E-state index in [-0.39, 0.29) is 24.3 Å². The molecule has 0 spiro atoms. The summed E-state index contributed by atoms with van der Waals surface area (Å²) in [5.41, 5.74) is 0.982. The highest BCUT2D eigenvalue weighted by Crippen LogP contribution is 2.47. The van der Waals surface area contributed by atoms with Gasteiger partial charge < -0.3 is 4.98 Å². The van der Waals surface area contributed by atoms with Gasteiger partial charge in [0.25, 0.3) is 5.56 Å². The van der Waals surface area contributed by atoms with E-state index in [2.05, 4.69) is 9.97 Å². The Labute approximate surface area is 118 Å². The van der Waals surface area contributed by atoms with Crippen LogP contribution in [0.2, 0.25) is 0 Å². The Balaban J connectivity index is 1.81. The van der Waals surface area contributed by atoms with Crippen LogP contribution >= 0.6 is 11.3 Å². The van der Waals surface area contributed by atoms with E-state index < -0.39 is 5.92 Å². The number of aromatic nitrogens is 2. The summed E-state index contributed by atoms with van der Waals surface area (Å²) in [5, 5.41) is 0.694. The number of aryl methyl sites for hydroxylation is 2. The van der Waals surface area contributed by atoms with Crippen LogP contribution in [0.3, 0.4) is 0 Å². The summed E-state index contributed by atoms with van der Waals surface area (Å²) < 4.78 is 25.9. The molecule has 1 fully saturated rings. The van der Waals surface area contributed by atoms with Crippen LogP contribution < -0.4 is 5.56 Å². The highest BCUT2D eigenvalue weighted by atomic mass is 32.1. The number of aromatic amines is 1. The first kappa shape index (κ1) is 12.4. The van der Waals surface area contributed by atoms with Gasteiger partial charge in [-0.25, -0.2) is 13.8 Å². The fraction of sp³-hybridized carbons (Fsp3) is 0.571. The number of hydrogen-bond donors (Lipinski definition) is 1. The van der Waals surface area contributed by atoms with Crippen LogP contribution in [0.4, 0.5) is 8.78 Å². The Kier molecular flexibility index (Phi) is 2.55. The van der Waals surface area contributed by atoms with Crippen LogP contribution in [0.15, 0.2) is 4.79 Å². The van der Waals surface area contributed by atoms with Gasteiger partial charge in [-0.1, -0.05) is 0 Å². The van der Waals surface area contributed by atoms with Crippen molar-refractivity contribution in [1.29, 1.82) is 0 Å². The molecule has 1 saturated carbocycles. The van der Waals surface area contributed by atoms with Gasteiger partial charge >= 0.3 is 0 Å². The fourth-order valence-corrected chi connectivity index (χ4v) is 4.50. The van der Waals surface area contributed by atoms with E-state index in [1.165, 1.54) is 4.88 Å². The maximum absolute atomic E-state index is 13.0.